The molecule has 0 saturated carbocycles. The van der Waals surface area contributed by atoms with E-state index < -0.39 is 17.7 Å². The molecule has 130 valence electrons. The molecule has 25 heavy (non-hydrogen) atoms. The van der Waals surface area contributed by atoms with Crippen LogP contribution in [0.3, 0.4) is 0 Å². The molecule has 9 heteroatoms. The summed E-state index contributed by atoms with van der Waals surface area (Å²) in [6.07, 6.45) is -3.64. The Morgan fingerprint density at radius 1 is 1.20 bits per heavy atom. The van der Waals surface area contributed by atoms with Crippen molar-refractivity contribution >= 4 is 0 Å². The van der Waals surface area contributed by atoms with Crippen molar-refractivity contribution in [3.63, 3.8) is 0 Å². The lowest BCUT2D eigenvalue weighted by molar-refractivity contribution is -0.140. The lowest BCUT2D eigenvalue weighted by Crippen LogP contribution is -2.10. The molecule has 2 aromatic heterocycles. The predicted molar refractivity (Wildman–Crippen MR) is 78.6 cm³/mol. The molecule has 3 aromatic rings. The zero-order valence-electron chi connectivity index (χ0n) is 12.8. The molecule has 0 fully saturated rings. The monoisotopic (exact) mass is 353 g/mol. The second kappa shape index (κ2) is 6.60. The number of nitrogens with zero attached hydrogens (tertiary/aromatic N) is 3. The van der Waals surface area contributed by atoms with E-state index in [-0.39, 0.29) is 29.4 Å². The van der Waals surface area contributed by atoms with Gasteiger partial charge in [-0.2, -0.15) is 18.2 Å². The molecular weight excluding hydrogens is 342 g/mol. The van der Waals surface area contributed by atoms with Gasteiger partial charge >= 0.3 is 6.18 Å². The molecule has 0 spiro atoms. The smallest absolute Gasteiger partial charge is 0.380 e. The van der Waals surface area contributed by atoms with Gasteiger partial charge in [0.25, 0.3) is 5.89 Å². The minimum absolute atomic E-state index is 0.0891. The molecule has 0 atom stereocenters. The highest BCUT2D eigenvalue weighted by Gasteiger charge is 2.36. The highest BCUT2D eigenvalue weighted by molar-refractivity contribution is 5.62. The van der Waals surface area contributed by atoms with Crippen LogP contribution in [0.2, 0.25) is 0 Å². The number of rotatable bonds is 4. The Hall–Kier alpha value is -2.81. The first kappa shape index (κ1) is 17.0. The highest BCUT2D eigenvalue weighted by atomic mass is 19.4. The van der Waals surface area contributed by atoms with Crippen molar-refractivity contribution in [2.24, 2.45) is 0 Å². The third-order valence-electron chi connectivity index (χ3n) is 3.34. The molecular formula is C16H11F4N3O2. The number of pyridine rings is 1. The van der Waals surface area contributed by atoms with Crippen LogP contribution in [0.25, 0.3) is 22.8 Å². The van der Waals surface area contributed by atoms with Crippen LogP contribution in [0, 0.1) is 5.82 Å². The van der Waals surface area contributed by atoms with Gasteiger partial charge in [0.15, 0.2) is 5.69 Å². The quantitative estimate of drug-likeness (QED) is 0.661. The molecule has 0 saturated heterocycles. The third kappa shape index (κ3) is 3.50. The van der Waals surface area contributed by atoms with Gasteiger partial charge < -0.3 is 9.26 Å². The van der Waals surface area contributed by atoms with Crippen LogP contribution >= 0.6 is 0 Å². The minimum Gasteiger partial charge on any atom is -0.380 e. The van der Waals surface area contributed by atoms with E-state index in [0.717, 1.165) is 12.3 Å². The number of hydrogen-bond acceptors (Lipinski definition) is 5. The molecule has 2 heterocycles. The molecule has 5 nitrogen and oxygen atoms in total. The second-order valence-electron chi connectivity index (χ2n) is 5.06. The summed E-state index contributed by atoms with van der Waals surface area (Å²) in [7, 11) is 1.43. The number of alkyl halides is 3. The Kier molecular flexibility index (Phi) is 4.49. The molecule has 0 aliphatic rings. The largest absolute Gasteiger partial charge is 0.434 e. The van der Waals surface area contributed by atoms with Gasteiger partial charge in [-0.25, -0.2) is 4.39 Å². The first-order valence-corrected chi connectivity index (χ1v) is 7.04. The number of ether oxygens (including phenoxy) is 1. The zero-order valence-corrected chi connectivity index (χ0v) is 12.8. The van der Waals surface area contributed by atoms with Crippen molar-refractivity contribution < 1.29 is 26.8 Å². The molecule has 1 aromatic carbocycles. The van der Waals surface area contributed by atoms with E-state index in [2.05, 4.69) is 15.1 Å². The summed E-state index contributed by atoms with van der Waals surface area (Å²) in [4.78, 5) is 7.26. The molecule has 3 rings (SSSR count). The Balaban J connectivity index is 1.98. The van der Waals surface area contributed by atoms with Gasteiger partial charge in [-0.05, 0) is 24.3 Å². The minimum atomic E-state index is -4.66. The Labute approximate surface area is 139 Å². The van der Waals surface area contributed by atoms with Crippen LogP contribution in [0.4, 0.5) is 17.6 Å². The molecule has 0 N–H and O–H groups in total. The molecule has 0 amide bonds. The van der Waals surface area contributed by atoms with Gasteiger partial charge in [0.1, 0.15) is 5.82 Å². The van der Waals surface area contributed by atoms with Crippen molar-refractivity contribution in [1.29, 1.82) is 0 Å². The maximum atomic E-state index is 13.9. The first-order valence-electron chi connectivity index (χ1n) is 7.04. The summed E-state index contributed by atoms with van der Waals surface area (Å²) in [5.74, 6) is -0.928. The SMILES string of the molecule is COCc1ccc(-c2nc(-c3cccnc3C(F)(F)F)no2)cc1F. The summed E-state index contributed by atoms with van der Waals surface area (Å²) in [6, 6.07) is 6.66. The van der Waals surface area contributed by atoms with E-state index in [1.165, 1.54) is 31.4 Å². The molecule has 0 bridgehead atoms. The van der Waals surface area contributed by atoms with Gasteiger partial charge in [-0.3, -0.25) is 4.98 Å². The van der Waals surface area contributed by atoms with Crippen molar-refractivity contribution in [1.82, 2.24) is 15.1 Å². The van der Waals surface area contributed by atoms with Crippen LogP contribution in [0.5, 0.6) is 0 Å². The van der Waals surface area contributed by atoms with Crippen molar-refractivity contribution in [3.05, 3.63) is 53.6 Å². The summed E-state index contributed by atoms with van der Waals surface area (Å²) in [6.45, 7) is 0.0891. The summed E-state index contributed by atoms with van der Waals surface area (Å²) in [5.41, 5.74) is -0.864. The maximum absolute atomic E-state index is 13.9. The number of aromatic nitrogens is 3. The van der Waals surface area contributed by atoms with Crippen LogP contribution in [0.15, 0.2) is 41.1 Å². The van der Waals surface area contributed by atoms with E-state index in [1.54, 1.807) is 0 Å². The van der Waals surface area contributed by atoms with E-state index >= 15 is 0 Å². The first-order chi connectivity index (χ1) is 11.9. The van der Waals surface area contributed by atoms with Crippen molar-refractivity contribution in [3.8, 4) is 22.8 Å². The lowest BCUT2D eigenvalue weighted by Gasteiger charge is -2.08. The average Bonchev–Trinajstić information content (AvgIpc) is 3.06. The lowest BCUT2D eigenvalue weighted by atomic mass is 10.1. The fourth-order valence-corrected chi connectivity index (χ4v) is 2.21. The summed E-state index contributed by atoms with van der Waals surface area (Å²) < 4.78 is 62.8. The molecule has 0 unspecified atom stereocenters. The van der Waals surface area contributed by atoms with Gasteiger partial charge in [0, 0.05) is 24.4 Å². The van der Waals surface area contributed by atoms with E-state index in [9.17, 15) is 17.6 Å². The fraction of sp³-hybridized carbons (Fsp3) is 0.188. The summed E-state index contributed by atoms with van der Waals surface area (Å²) in [5, 5.41) is 3.55. The number of hydrogen-bond donors (Lipinski definition) is 0. The Bertz CT molecular complexity index is 893. The molecule has 0 aliphatic heterocycles. The molecule has 0 aliphatic carbocycles. The van der Waals surface area contributed by atoms with E-state index in [0.29, 0.717) is 5.56 Å². The maximum Gasteiger partial charge on any atom is 0.434 e. The number of benzene rings is 1. The molecule has 0 radical (unpaired) electrons. The van der Waals surface area contributed by atoms with Crippen molar-refractivity contribution in [2.45, 2.75) is 12.8 Å². The standard InChI is InChI=1S/C16H11F4N3O2/c1-24-8-10-5-4-9(7-12(10)17)15-22-14(23-25-15)11-3-2-6-21-13(11)16(18,19)20/h2-7H,8H2,1H3. The normalized spacial score (nSPS) is 11.7. The van der Waals surface area contributed by atoms with Crippen LogP contribution < -0.4 is 0 Å². The van der Waals surface area contributed by atoms with Gasteiger partial charge in [0.05, 0.1) is 12.2 Å². The topological polar surface area (TPSA) is 61.0 Å². The second-order valence-corrected chi connectivity index (χ2v) is 5.06. The van der Waals surface area contributed by atoms with Gasteiger partial charge in [0.2, 0.25) is 5.82 Å². The number of methoxy groups -OCH3 is 1. The van der Waals surface area contributed by atoms with Crippen LogP contribution in [-0.4, -0.2) is 22.2 Å². The van der Waals surface area contributed by atoms with Crippen molar-refractivity contribution in [2.75, 3.05) is 7.11 Å². The fourth-order valence-electron chi connectivity index (χ4n) is 2.21. The zero-order chi connectivity index (χ0) is 18.0. The third-order valence-corrected chi connectivity index (χ3v) is 3.34. The Morgan fingerprint density at radius 2 is 2.00 bits per heavy atom. The Morgan fingerprint density at radius 3 is 2.68 bits per heavy atom. The van der Waals surface area contributed by atoms with Crippen LogP contribution in [0.1, 0.15) is 11.3 Å². The van der Waals surface area contributed by atoms with Crippen LogP contribution in [-0.2, 0) is 17.5 Å². The average molecular weight is 353 g/mol. The highest BCUT2D eigenvalue weighted by Crippen LogP contribution is 2.34. The predicted octanol–water partition coefficient (Wildman–Crippen LogP) is 4.10. The van der Waals surface area contributed by atoms with E-state index in [1.807, 2.05) is 0 Å². The van der Waals surface area contributed by atoms with Gasteiger partial charge in [-0.1, -0.05) is 11.2 Å². The van der Waals surface area contributed by atoms with E-state index in [4.69, 9.17) is 9.26 Å². The van der Waals surface area contributed by atoms with Gasteiger partial charge in [-0.15, -0.1) is 0 Å². The summed E-state index contributed by atoms with van der Waals surface area (Å²) >= 11 is 0. The number of halogens is 4.